The zero-order valence-corrected chi connectivity index (χ0v) is 15.8. The first-order chi connectivity index (χ1) is 12.7. The molecular weight excluding hydrogens is 344 g/mol. The van der Waals surface area contributed by atoms with Gasteiger partial charge < -0.3 is 14.1 Å². The van der Waals surface area contributed by atoms with Crippen LogP contribution in [0.4, 0.5) is 10.5 Å². The van der Waals surface area contributed by atoms with Crippen molar-refractivity contribution in [1.29, 1.82) is 0 Å². The van der Waals surface area contributed by atoms with Gasteiger partial charge in [-0.2, -0.15) is 0 Å². The lowest BCUT2D eigenvalue weighted by molar-refractivity contribution is 0.0635. The van der Waals surface area contributed by atoms with Gasteiger partial charge in [0.15, 0.2) is 5.76 Å². The van der Waals surface area contributed by atoms with E-state index in [4.69, 9.17) is 9.15 Å². The van der Waals surface area contributed by atoms with Crippen LogP contribution in [0.5, 0.6) is 0 Å². The van der Waals surface area contributed by atoms with Gasteiger partial charge in [0.1, 0.15) is 5.60 Å². The van der Waals surface area contributed by atoms with Crippen molar-refractivity contribution < 1.29 is 18.7 Å². The summed E-state index contributed by atoms with van der Waals surface area (Å²) in [6, 6.07) is 10.8. The molecule has 2 heterocycles. The second-order valence-electron chi connectivity index (χ2n) is 7.27. The van der Waals surface area contributed by atoms with Gasteiger partial charge in [0.25, 0.3) is 0 Å². The Balaban J connectivity index is 1.71. The summed E-state index contributed by atoms with van der Waals surface area (Å²) < 4.78 is 10.5. The van der Waals surface area contributed by atoms with Crippen molar-refractivity contribution >= 4 is 17.6 Å². The van der Waals surface area contributed by atoms with E-state index in [2.05, 4.69) is 10.3 Å². The number of hydrogen-bond donors (Lipinski definition) is 2. The van der Waals surface area contributed by atoms with Gasteiger partial charge in [0, 0.05) is 23.1 Å². The van der Waals surface area contributed by atoms with Crippen LogP contribution >= 0.6 is 0 Å². The summed E-state index contributed by atoms with van der Waals surface area (Å²) in [4.78, 5) is 27.4. The maximum Gasteiger partial charge on any atom is 0.412 e. The number of anilines is 1. The largest absolute Gasteiger partial charge is 0.461 e. The molecule has 6 heteroatoms. The summed E-state index contributed by atoms with van der Waals surface area (Å²) in [6.07, 6.45) is 2.66. The monoisotopic (exact) mass is 366 g/mol. The van der Waals surface area contributed by atoms with Crippen LogP contribution in [0.2, 0.25) is 0 Å². The number of hydrogen-bond acceptors (Lipinski definition) is 4. The Kier molecular flexibility index (Phi) is 4.90. The minimum Gasteiger partial charge on any atom is -0.461 e. The average molecular weight is 366 g/mol. The lowest BCUT2D eigenvalue weighted by Crippen LogP contribution is -2.27. The summed E-state index contributed by atoms with van der Waals surface area (Å²) in [5, 5.41) is 2.69. The Morgan fingerprint density at radius 1 is 1.11 bits per heavy atom. The fourth-order valence-electron chi connectivity index (χ4n) is 2.58. The smallest absolute Gasteiger partial charge is 0.412 e. The Bertz CT molecular complexity index is 959. The molecule has 0 fully saturated rings. The van der Waals surface area contributed by atoms with E-state index in [1.807, 2.05) is 39.8 Å². The van der Waals surface area contributed by atoms with Gasteiger partial charge in [0.05, 0.1) is 6.26 Å². The van der Waals surface area contributed by atoms with Crippen LogP contribution in [0.25, 0.3) is 11.3 Å². The number of ether oxygens (including phenoxy) is 1. The van der Waals surface area contributed by atoms with Crippen molar-refractivity contribution in [1.82, 2.24) is 4.98 Å². The third-order valence-corrected chi connectivity index (χ3v) is 3.85. The second-order valence-corrected chi connectivity index (χ2v) is 7.27. The fourth-order valence-corrected chi connectivity index (χ4v) is 2.58. The highest BCUT2D eigenvalue weighted by Gasteiger charge is 2.18. The molecule has 140 valence electrons. The molecule has 0 bridgehead atoms. The number of carbonyl (C=O) groups is 2. The predicted molar refractivity (Wildman–Crippen MR) is 103 cm³/mol. The number of H-pyrrole nitrogens is 1. The van der Waals surface area contributed by atoms with Crippen LogP contribution in [0, 0.1) is 6.92 Å². The number of ketones is 1. The maximum absolute atomic E-state index is 12.5. The summed E-state index contributed by atoms with van der Waals surface area (Å²) in [5.41, 5.74) is 3.09. The van der Waals surface area contributed by atoms with Gasteiger partial charge in [-0.25, -0.2) is 4.79 Å². The molecule has 0 unspecified atom stereocenters. The number of rotatable bonds is 4. The highest BCUT2D eigenvalue weighted by atomic mass is 16.6. The molecule has 0 radical (unpaired) electrons. The zero-order chi connectivity index (χ0) is 19.6. The molecule has 1 aromatic carbocycles. The molecule has 0 spiro atoms. The van der Waals surface area contributed by atoms with E-state index in [1.54, 1.807) is 30.5 Å². The van der Waals surface area contributed by atoms with E-state index in [0.717, 1.165) is 16.8 Å². The SMILES string of the molecule is Cc1ccoc1C(=O)c1c[nH]c(-c2ccc(NC(=O)OC(C)(C)C)cc2)c1. The molecular formula is C21H22N2O4. The maximum atomic E-state index is 12.5. The molecule has 2 aromatic heterocycles. The second kappa shape index (κ2) is 7.15. The quantitative estimate of drug-likeness (QED) is 0.625. The van der Waals surface area contributed by atoms with E-state index < -0.39 is 11.7 Å². The molecule has 3 rings (SSSR count). The Morgan fingerprint density at radius 2 is 1.81 bits per heavy atom. The van der Waals surface area contributed by atoms with E-state index in [-0.39, 0.29) is 5.78 Å². The molecule has 0 aliphatic rings. The Morgan fingerprint density at radius 3 is 2.41 bits per heavy atom. The number of nitrogens with one attached hydrogen (secondary N) is 2. The van der Waals surface area contributed by atoms with Crippen molar-refractivity contribution in [2.24, 2.45) is 0 Å². The molecule has 1 amide bonds. The van der Waals surface area contributed by atoms with Gasteiger partial charge in [-0.3, -0.25) is 10.1 Å². The highest BCUT2D eigenvalue weighted by molar-refractivity contribution is 6.08. The summed E-state index contributed by atoms with van der Waals surface area (Å²) >= 11 is 0. The van der Waals surface area contributed by atoms with Crippen molar-refractivity contribution in [3.05, 3.63) is 65.7 Å². The van der Waals surface area contributed by atoms with E-state index in [0.29, 0.717) is 17.0 Å². The van der Waals surface area contributed by atoms with Gasteiger partial charge in [-0.05, 0) is 63.1 Å². The van der Waals surface area contributed by atoms with Crippen LogP contribution in [-0.4, -0.2) is 22.5 Å². The first-order valence-electron chi connectivity index (χ1n) is 8.60. The van der Waals surface area contributed by atoms with Crippen LogP contribution in [0.3, 0.4) is 0 Å². The summed E-state index contributed by atoms with van der Waals surface area (Å²) in [7, 11) is 0. The third kappa shape index (κ3) is 4.47. The minimum atomic E-state index is -0.552. The number of aromatic nitrogens is 1. The molecule has 0 aliphatic heterocycles. The topological polar surface area (TPSA) is 84.3 Å². The molecule has 6 nitrogen and oxygen atoms in total. The van der Waals surface area contributed by atoms with E-state index in [9.17, 15) is 9.59 Å². The molecule has 3 aromatic rings. The normalized spacial score (nSPS) is 11.3. The molecule has 0 saturated heterocycles. The lowest BCUT2D eigenvalue weighted by Gasteiger charge is -2.19. The number of aryl methyl sites for hydroxylation is 1. The van der Waals surface area contributed by atoms with Gasteiger partial charge in [-0.1, -0.05) is 12.1 Å². The van der Waals surface area contributed by atoms with Crippen molar-refractivity contribution in [2.45, 2.75) is 33.3 Å². The first kappa shape index (κ1) is 18.5. The summed E-state index contributed by atoms with van der Waals surface area (Å²) in [5.74, 6) is 0.181. The number of benzene rings is 1. The van der Waals surface area contributed by atoms with Crippen LogP contribution < -0.4 is 5.32 Å². The molecule has 27 heavy (non-hydrogen) atoms. The van der Waals surface area contributed by atoms with E-state index in [1.165, 1.54) is 6.26 Å². The molecule has 0 aliphatic carbocycles. The number of carbonyl (C=O) groups excluding carboxylic acids is 2. The van der Waals surface area contributed by atoms with Crippen LogP contribution in [0.1, 0.15) is 42.5 Å². The number of amides is 1. The van der Waals surface area contributed by atoms with Gasteiger partial charge >= 0.3 is 6.09 Å². The first-order valence-corrected chi connectivity index (χ1v) is 8.60. The Hall–Kier alpha value is -3.28. The summed E-state index contributed by atoms with van der Waals surface area (Å²) in [6.45, 7) is 7.26. The van der Waals surface area contributed by atoms with Gasteiger partial charge in [-0.15, -0.1) is 0 Å². The predicted octanol–water partition coefficient (Wildman–Crippen LogP) is 5.16. The lowest BCUT2D eigenvalue weighted by atomic mass is 10.1. The highest BCUT2D eigenvalue weighted by Crippen LogP contribution is 2.24. The fraction of sp³-hybridized carbons (Fsp3) is 0.238. The van der Waals surface area contributed by atoms with Crippen molar-refractivity contribution in [3.8, 4) is 11.3 Å². The van der Waals surface area contributed by atoms with Crippen LogP contribution in [0.15, 0.2) is 53.3 Å². The van der Waals surface area contributed by atoms with Gasteiger partial charge in [0.2, 0.25) is 5.78 Å². The molecule has 0 saturated carbocycles. The molecule has 2 N–H and O–H groups in total. The van der Waals surface area contributed by atoms with Crippen LogP contribution in [-0.2, 0) is 4.74 Å². The number of aromatic amines is 1. The molecule has 0 atom stereocenters. The van der Waals surface area contributed by atoms with E-state index >= 15 is 0 Å². The average Bonchev–Trinajstić information content (AvgIpc) is 3.22. The van der Waals surface area contributed by atoms with Crippen molar-refractivity contribution in [3.63, 3.8) is 0 Å². The minimum absolute atomic E-state index is 0.164. The van der Waals surface area contributed by atoms with Crippen molar-refractivity contribution in [2.75, 3.05) is 5.32 Å². The Labute approximate surface area is 157 Å². The zero-order valence-electron chi connectivity index (χ0n) is 15.8. The standard InChI is InChI=1S/C21H22N2O4/c1-13-9-10-26-19(13)18(24)15-11-17(22-12-15)14-5-7-16(8-6-14)23-20(25)27-21(2,3)4/h5-12,22H,1-4H3,(H,23,25). The third-order valence-electron chi connectivity index (χ3n) is 3.85. The number of furan rings is 1.